The van der Waals surface area contributed by atoms with E-state index in [0.29, 0.717) is 5.69 Å². The third-order valence-electron chi connectivity index (χ3n) is 2.51. The van der Waals surface area contributed by atoms with Crippen LogP contribution in [0.2, 0.25) is 0 Å². The molecule has 1 rings (SSSR count). The van der Waals surface area contributed by atoms with Gasteiger partial charge in [0.15, 0.2) is 0 Å². The van der Waals surface area contributed by atoms with Crippen molar-refractivity contribution in [3.8, 4) is 0 Å². The Morgan fingerprint density at radius 1 is 1.33 bits per heavy atom. The number of nitrogen functional groups attached to an aromatic ring is 1. The maximum Gasteiger partial charge on any atom is 0.221 e. The van der Waals surface area contributed by atoms with Crippen LogP contribution in [0.1, 0.15) is 24.9 Å². The molecule has 100 valence electrons. The third kappa shape index (κ3) is 5.18. The maximum atomic E-state index is 11.5. The average molecular weight is 270 g/mol. The molecule has 0 spiro atoms. The van der Waals surface area contributed by atoms with Crippen molar-refractivity contribution in [3.05, 3.63) is 29.8 Å². The first-order valence-corrected chi connectivity index (χ1v) is 7.66. The van der Waals surface area contributed by atoms with E-state index in [9.17, 15) is 13.2 Å². The van der Waals surface area contributed by atoms with Crippen molar-refractivity contribution in [1.82, 2.24) is 5.32 Å². The maximum absolute atomic E-state index is 11.5. The summed E-state index contributed by atoms with van der Waals surface area (Å²) >= 11 is 0. The van der Waals surface area contributed by atoms with Crippen LogP contribution in [0.4, 0.5) is 5.69 Å². The Bertz CT molecular complexity index is 509. The van der Waals surface area contributed by atoms with E-state index in [2.05, 4.69) is 5.32 Å². The second-order valence-corrected chi connectivity index (χ2v) is 6.60. The Morgan fingerprint density at radius 2 is 1.89 bits per heavy atom. The van der Waals surface area contributed by atoms with E-state index in [0.717, 1.165) is 11.8 Å². The van der Waals surface area contributed by atoms with Gasteiger partial charge in [-0.15, -0.1) is 0 Å². The van der Waals surface area contributed by atoms with Crippen LogP contribution in [0, 0.1) is 0 Å². The summed E-state index contributed by atoms with van der Waals surface area (Å²) < 4.78 is 21.9. The molecule has 3 N–H and O–H groups in total. The van der Waals surface area contributed by atoms with Crippen LogP contribution in [-0.2, 0) is 14.6 Å². The summed E-state index contributed by atoms with van der Waals surface area (Å²) in [6.45, 7) is 1.84. The summed E-state index contributed by atoms with van der Waals surface area (Å²) in [6, 6.07) is 7.01. The Balaban J connectivity index is 2.52. The summed E-state index contributed by atoms with van der Waals surface area (Å²) in [6.07, 6.45) is 1.10. The van der Waals surface area contributed by atoms with Crippen LogP contribution in [0.25, 0.3) is 0 Å². The molecule has 0 saturated carbocycles. The van der Waals surface area contributed by atoms with Gasteiger partial charge in [-0.05, 0) is 24.6 Å². The van der Waals surface area contributed by atoms with E-state index in [4.69, 9.17) is 5.73 Å². The number of rotatable bonds is 5. The Kier molecular flexibility index (Phi) is 4.72. The van der Waals surface area contributed by atoms with Crippen molar-refractivity contribution in [2.75, 3.05) is 17.7 Å². The molecule has 0 radical (unpaired) electrons. The molecule has 0 aromatic heterocycles. The lowest BCUT2D eigenvalue weighted by molar-refractivity contribution is -0.121. The molecular formula is C12H18N2O3S. The van der Waals surface area contributed by atoms with Gasteiger partial charge in [-0.3, -0.25) is 4.79 Å². The van der Waals surface area contributed by atoms with Crippen LogP contribution in [-0.4, -0.2) is 26.3 Å². The minimum absolute atomic E-state index is 0.0157. The van der Waals surface area contributed by atoms with Crippen molar-refractivity contribution in [2.24, 2.45) is 0 Å². The summed E-state index contributed by atoms with van der Waals surface area (Å²) in [5.74, 6) is -0.405. The number of carbonyl (C=O) groups is 1. The molecular weight excluding hydrogens is 252 g/mol. The topological polar surface area (TPSA) is 89.3 Å². The van der Waals surface area contributed by atoms with Gasteiger partial charge in [0.25, 0.3) is 0 Å². The molecule has 1 atom stereocenters. The lowest BCUT2D eigenvalue weighted by Crippen LogP contribution is -2.28. The number of sulfone groups is 1. The quantitative estimate of drug-likeness (QED) is 0.777. The summed E-state index contributed by atoms with van der Waals surface area (Å²) in [4.78, 5) is 11.5. The zero-order valence-electron chi connectivity index (χ0n) is 10.5. The van der Waals surface area contributed by atoms with E-state index in [1.165, 1.54) is 0 Å². The van der Waals surface area contributed by atoms with E-state index in [-0.39, 0.29) is 24.1 Å². The second-order valence-electron chi connectivity index (χ2n) is 4.34. The molecule has 0 aliphatic rings. The monoisotopic (exact) mass is 270 g/mol. The number of nitrogens with two attached hydrogens (primary N) is 1. The van der Waals surface area contributed by atoms with E-state index >= 15 is 0 Å². The van der Waals surface area contributed by atoms with Gasteiger partial charge in [0.05, 0.1) is 11.8 Å². The summed E-state index contributed by atoms with van der Waals surface area (Å²) in [7, 11) is -3.10. The normalized spacial score (nSPS) is 13.0. The molecule has 0 bridgehead atoms. The van der Waals surface area contributed by atoms with E-state index in [1.807, 2.05) is 19.1 Å². The fourth-order valence-electron chi connectivity index (χ4n) is 1.46. The van der Waals surface area contributed by atoms with Crippen molar-refractivity contribution >= 4 is 21.4 Å². The lowest BCUT2D eigenvalue weighted by atomic mass is 10.1. The highest BCUT2D eigenvalue weighted by molar-refractivity contribution is 7.90. The van der Waals surface area contributed by atoms with Crippen LogP contribution >= 0.6 is 0 Å². The molecule has 0 heterocycles. The lowest BCUT2D eigenvalue weighted by Gasteiger charge is -2.14. The van der Waals surface area contributed by atoms with Gasteiger partial charge in [-0.25, -0.2) is 8.42 Å². The Labute approximate surface area is 107 Å². The first-order valence-electron chi connectivity index (χ1n) is 5.60. The third-order valence-corrected chi connectivity index (χ3v) is 3.46. The molecule has 18 heavy (non-hydrogen) atoms. The molecule has 1 unspecified atom stereocenters. The number of hydrogen-bond donors (Lipinski definition) is 2. The highest BCUT2D eigenvalue weighted by Gasteiger charge is 2.11. The van der Waals surface area contributed by atoms with Crippen LogP contribution in [0.3, 0.4) is 0 Å². The smallest absolute Gasteiger partial charge is 0.221 e. The van der Waals surface area contributed by atoms with Crippen LogP contribution < -0.4 is 11.1 Å². The fourth-order valence-corrected chi connectivity index (χ4v) is 2.02. The minimum Gasteiger partial charge on any atom is -0.399 e. The first-order chi connectivity index (χ1) is 8.28. The fraction of sp³-hybridized carbons (Fsp3) is 0.417. The number of benzene rings is 1. The largest absolute Gasteiger partial charge is 0.399 e. The summed E-state index contributed by atoms with van der Waals surface area (Å²) in [5, 5.41) is 2.74. The molecule has 0 fully saturated rings. The Morgan fingerprint density at radius 3 is 2.39 bits per heavy atom. The van der Waals surface area contributed by atoms with Crippen molar-refractivity contribution in [2.45, 2.75) is 19.4 Å². The van der Waals surface area contributed by atoms with Gasteiger partial charge in [-0.2, -0.15) is 0 Å². The SMILES string of the molecule is CC(NC(=O)CCS(C)(=O)=O)c1ccc(N)cc1. The van der Waals surface area contributed by atoms with Crippen LogP contribution in [0.15, 0.2) is 24.3 Å². The molecule has 6 heteroatoms. The standard InChI is InChI=1S/C12H18N2O3S/c1-9(10-3-5-11(13)6-4-10)14-12(15)7-8-18(2,16)17/h3-6,9H,7-8,13H2,1-2H3,(H,14,15). The molecule has 0 aliphatic heterocycles. The van der Waals surface area contributed by atoms with Gasteiger partial charge in [0.2, 0.25) is 5.91 Å². The summed E-state index contributed by atoms with van der Waals surface area (Å²) in [5.41, 5.74) is 7.16. The molecule has 1 aromatic rings. The molecule has 1 aromatic carbocycles. The number of hydrogen-bond acceptors (Lipinski definition) is 4. The van der Waals surface area contributed by atoms with Gasteiger partial charge in [0, 0.05) is 18.4 Å². The van der Waals surface area contributed by atoms with Crippen molar-refractivity contribution < 1.29 is 13.2 Å². The average Bonchev–Trinajstić information content (AvgIpc) is 2.26. The number of anilines is 1. The predicted molar refractivity (Wildman–Crippen MR) is 71.7 cm³/mol. The van der Waals surface area contributed by atoms with E-state index in [1.54, 1.807) is 12.1 Å². The Hall–Kier alpha value is -1.56. The number of nitrogens with one attached hydrogen (secondary N) is 1. The molecule has 1 amide bonds. The predicted octanol–water partition coefficient (Wildman–Crippen LogP) is 0.881. The van der Waals surface area contributed by atoms with E-state index < -0.39 is 9.84 Å². The van der Waals surface area contributed by atoms with Gasteiger partial charge >= 0.3 is 0 Å². The minimum atomic E-state index is -3.10. The number of carbonyl (C=O) groups excluding carboxylic acids is 1. The molecule has 0 aliphatic carbocycles. The number of amides is 1. The second kappa shape index (κ2) is 5.86. The molecule has 0 saturated heterocycles. The first kappa shape index (κ1) is 14.5. The van der Waals surface area contributed by atoms with Gasteiger partial charge in [0.1, 0.15) is 9.84 Å². The van der Waals surface area contributed by atoms with Crippen molar-refractivity contribution in [1.29, 1.82) is 0 Å². The van der Waals surface area contributed by atoms with Gasteiger partial charge < -0.3 is 11.1 Å². The highest BCUT2D eigenvalue weighted by atomic mass is 32.2. The highest BCUT2D eigenvalue weighted by Crippen LogP contribution is 2.14. The van der Waals surface area contributed by atoms with Crippen LogP contribution in [0.5, 0.6) is 0 Å². The van der Waals surface area contributed by atoms with Crippen molar-refractivity contribution in [3.63, 3.8) is 0 Å². The van der Waals surface area contributed by atoms with Gasteiger partial charge in [-0.1, -0.05) is 12.1 Å². The zero-order valence-corrected chi connectivity index (χ0v) is 11.3. The molecule has 5 nitrogen and oxygen atoms in total. The zero-order chi connectivity index (χ0) is 13.8.